The number of fused-ring (bicyclic) bond motifs is 1. The van der Waals surface area contributed by atoms with E-state index in [-0.39, 0.29) is 24.8 Å². The topological polar surface area (TPSA) is 76.1 Å². The van der Waals surface area contributed by atoms with Gasteiger partial charge in [-0.05, 0) is 18.1 Å². The van der Waals surface area contributed by atoms with Crippen LogP contribution in [0.25, 0.3) is 0 Å². The lowest BCUT2D eigenvalue weighted by Crippen LogP contribution is -2.36. The van der Waals surface area contributed by atoms with E-state index in [4.69, 9.17) is 14.6 Å². The van der Waals surface area contributed by atoms with Gasteiger partial charge in [-0.25, -0.2) is 0 Å². The number of hydrogen-bond donors (Lipinski definition) is 1. The number of ether oxygens (including phenoxy) is 2. The molecule has 6 nitrogen and oxygen atoms in total. The molecule has 1 aliphatic rings. The van der Waals surface area contributed by atoms with Gasteiger partial charge in [-0.1, -0.05) is 19.9 Å². The van der Waals surface area contributed by atoms with Crippen molar-refractivity contribution < 1.29 is 24.2 Å². The van der Waals surface area contributed by atoms with Crippen LogP contribution in [0.2, 0.25) is 0 Å². The molecule has 1 heterocycles. The first-order valence-corrected chi connectivity index (χ1v) is 7.38. The number of amides is 1. The molecule has 0 aliphatic carbocycles. The number of carbonyl (C=O) groups excluding carboxylic acids is 1. The van der Waals surface area contributed by atoms with E-state index in [0.29, 0.717) is 36.8 Å². The summed E-state index contributed by atoms with van der Waals surface area (Å²) in [4.78, 5) is 25.1. The number of para-hydroxylation sites is 1. The van der Waals surface area contributed by atoms with Crippen molar-refractivity contribution in [2.45, 2.75) is 20.3 Å². The van der Waals surface area contributed by atoms with Crippen molar-refractivity contribution in [2.24, 2.45) is 5.92 Å². The summed E-state index contributed by atoms with van der Waals surface area (Å²) in [6, 6.07) is 5.19. The van der Waals surface area contributed by atoms with Crippen LogP contribution in [-0.4, -0.2) is 48.2 Å². The summed E-state index contributed by atoms with van der Waals surface area (Å²) < 4.78 is 11.1. The van der Waals surface area contributed by atoms with E-state index in [1.54, 1.807) is 23.1 Å². The number of aliphatic carboxylic acids is 1. The van der Waals surface area contributed by atoms with Crippen LogP contribution in [0.4, 0.5) is 0 Å². The Labute approximate surface area is 129 Å². The number of carboxylic acid groups (broad SMARTS) is 1. The van der Waals surface area contributed by atoms with Crippen LogP contribution in [0.5, 0.6) is 11.5 Å². The molecule has 0 fully saturated rings. The van der Waals surface area contributed by atoms with Crippen LogP contribution >= 0.6 is 0 Å². The first-order chi connectivity index (χ1) is 10.5. The molecule has 0 saturated carbocycles. The minimum Gasteiger partial charge on any atom is -0.486 e. The summed E-state index contributed by atoms with van der Waals surface area (Å²) in [7, 11) is 0. The molecule has 120 valence electrons. The van der Waals surface area contributed by atoms with Gasteiger partial charge in [0.15, 0.2) is 11.5 Å². The number of carbonyl (C=O) groups is 2. The summed E-state index contributed by atoms with van der Waals surface area (Å²) in [6.45, 7) is 5.51. The molecule has 0 spiro atoms. The lowest BCUT2D eigenvalue weighted by Gasteiger charge is -2.26. The molecule has 0 bridgehead atoms. The average molecular weight is 307 g/mol. The largest absolute Gasteiger partial charge is 0.486 e. The third kappa shape index (κ3) is 3.90. The van der Waals surface area contributed by atoms with Gasteiger partial charge in [-0.3, -0.25) is 9.59 Å². The predicted molar refractivity (Wildman–Crippen MR) is 80.4 cm³/mol. The van der Waals surface area contributed by atoms with Gasteiger partial charge in [0.1, 0.15) is 13.2 Å². The van der Waals surface area contributed by atoms with Crippen LogP contribution in [0.15, 0.2) is 18.2 Å². The van der Waals surface area contributed by atoms with Gasteiger partial charge >= 0.3 is 5.97 Å². The molecule has 1 aromatic carbocycles. The van der Waals surface area contributed by atoms with Crippen molar-refractivity contribution in [2.75, 3.05) is 26.3 Å². The number of carboxylic acids is 1. The maximum atomic E-state index is 12.8. The molecular formula is C16H21NO5. The highest BCUT2D eigenvalue weighted by atomic mass is 16.6. The van der Waals surface area contributed by atoms with Gasteiger partial charge in [0.05, 0.1) is 12.0 Å². The van der Waals surface area contributed by atoms with E-state index in [2.05, 4.69) is 0 Å². The molecule has 0 unspecified atom stereocenters. The maximum Gasteiger partial charge on any atom is 0.305 e. The van der Waals surface area contributed by atoms with E-state index >= 15 is 0 Å². The average Bonchev–Trinajstić information content (AvgIpc) is 2.49. The van der Waals surface area contributed by atoms with Gasteiger partial charge in [0.25, 0.3) is 5.91 Å². The molecule has 6 heteroatoms. The number of benzene rings is 1. The third-order valence-corrected chi connectivity index (χ3v) is 3.26. The SMILES string of the molecule is CC(C)CN(CCC(=O)O)C(=O)c1cccc2c1OCCO2. The van der Waals surface area contributed by atoms with Crippen molar-refractivity contribution >= 4 is 11.9 Å². The molecule has 1 aliphatic heterocycles. The van der Waals surface area contributed by atoms with Crippen LogP contribution in [0.1, 0.15) is 30.6 Å². The molecule has 0 atom stereocenters. The third-order valence-electron chi connectivity index (χ3n) is 3.26. The summed E-state index contributed by atoms with van der Waals surface area (Å²) in [5, 5.41) is 8.86. The lowest BCUT2D eigenvalue weighted by molar-refractivity contribution is -0.137. The Balaban J connectivity index is 2.24. The standard InChI is InChI=1S/C16H21NO5/c1-11(2)10-17(7-6-14(18)19)16(20)12-4-3-5-13-15(12)22-9-8-21-13/h3-5,11H,6-10H2,1-2H3,(H,18,19). The molecule has 22 heavy (non-hydrogen) atoms. The first kappa shape index (κ1) is 16.1. The lowest BCUT2D eigenvalue weighted by atomic mass is 10.1. The predicted octanol–water partition coefficient (Wildman–Crippen LogP) is 2.03. The number of nitrogens with zero attached hydrogens (tertiary/aromatic N) is 1. The second-order valence-corrected chi connectivity index (χ2v) is 5.62. The summed E-state index contributed by atoms with van der Waals surface area (Å²) in [6.07, 6.45) is -0.0785. The highest BCUT2D eigenvalue weighted by molar-refractivity contribution is 5.98. The van der Waals surface area contributed by atoms with Gasteiger partial charge in [0, 0.05) is 13.1 Å². The minimum absolute atomic E-state index is 0.0785. The number of rotatable bonds is 6. The van der Waals surface area contributed by atoms with Crippen LogP contribution in [0.3, 0.4) is 0 Å². The highest BCUT2D eigenvalue weighted by Gasteiger charge is 2.25. The van der Waals surface area contributed by atoms with Gasteiger partial charge in [-0.15, -0.1) is 0 Å². The molecule has 0 radical (unpaired) electrons. The van der Waals surface area contributed by atoms with E-state index in [1.165, 1.54) is 0 Å². The molecule has 1 aromatic rings. The Morgan fingerprint density at radius 3 is 2.68 bits per heavy atom. The zero-order valence-corrected chi connectivity index (χ0v) is 12.9. The molecule has 0 saturated heterocycles. The van der Waals surface area contributed by atoms with E-state index < -0.39 is 5.97 Å². The summed E-state index contributed by atoms with van der Waals surface area (Å²) in [5.41, 5.74) is 0.420. The van der Waals surface area contributed by atoms with Crippen molar-refractivity contribution in [3.8, 4) is 11.5 Å². The van der Waals surface area contributed by atoms with Crippen molar-refractivity contribution in [1.82, 2.24) is 4.90 Å². The van der Waals surface area contributed by atoms with E-state index in [9.17, 15) is 9.59 Å². The fourth-order valence-electron chi connectivity index (χ4n) is 2.36. The Kier molecular flexibility index (Phi) is 5.25. The van der Waals surface area contributed by atoms with E-state index in [1.807, 2.05) is 13.8 Å². The van der Waals surface area contributed by atoms with Crippen LogP contribution in [0, 0.1) is 5.92 Å². The summed E-state index contributed by atoms with van der Waals surface area (Å²) in [5.74, 6) is 0.102. The Bertz CT molecular complexity index is 555. The zero-order chi connectivity index (χ0) is 16.1. The van der Waals surface area contributed by atoms with Gasteiger partial charge < -0.3 is 19.5 Å². The Morgan fingerprint density at radius 2 is 2.00 bits per heavy atom. The van der Waals surface area contributed by atoms with Crippen molar-refractivity contribution in [1.29, 1.82) is 0 Å². The monoisotopic (exact) mass is 307 g/mol. The second-order valence-electron chi connectivity index (χ2n) is 5.62. The fourth-order valence-corrected chi connectivity index (χ4v) is 2.36. The molecular weight excluding hydrogens is 286 g/mol. The minimum atomic E-state index is -0.920. The van der Waals surface area contributed by atoms with Gasteiger partial charge in [0.2, 0.25) is 0 Å². The van der Waals surface area contributed by atoms with Gasteiger partial charge in [-0.2, -0.15) is 0 Å². The quantitative estimate of drug-likeness (QED) is 0.870. The second kappa shape index (κ2) is 7.15. The molecule has 1 N–H and O–H groups in total. The fraction of sp³-hybridized carbons (Fsp3) is 0.500. The zero-order valence-electron chi connectivity index (χ0n) is 12.9. The number of hydrogen-bond acceptors (Lipinski definition) is 4. The molecule has 0 aromatic heterocycles. The van der Waals surface area contributed by atoms with Crippen LogP contribution in [-0.2, 0) is 4.79 Å². The smallest absolute Gasteiger partial charge is 0.305 e. The maximum absolute atomic E-state index is 12.8. The Morgan fingerprint density at radius 1 is 1.27 bits per heavy atom. The Hall–Kier alpha value is -2.24. The summed E-state index contributed by atoms with van der Waals surface area (Å²) >= 11 is 0. The normalized spacial score (nSPS) is 13.0. The van der Waals surface area contributed by atoms with E-state index in [0.717, 1.165) is 0 Å². The highest BCUT2D eigenvalue weighted by Crippen LogP contribution is 2.34. The van der Waals surface area contributed by atoms with Crippen LogP contribution < -0.4 is 9.47 Å². The first-order valence-electron chi connectivity index (χ1n) is 7.38. The van der Waals surface area contributed by atoms with Crippen molar-refractivity contribution in [3.05, 3.63) is 23.8 Å². The molecule has 1 amide bonds. The molecule has 2 rings (SSSR count). The van der Waals surface area contributed by atoms with Crippen molar-refractivity contribution in [3.63, 3.8) is 0 Å².